The lowest BCUT2D eigenvalue weighted by atomic mass is 10.00. The van der Waals surface area contributed by atoms with Crippen molar-refractivity contribution in [2.75, 3.05) is 0 Å². The molecule has 4 heterocycles. The van der Waals surface area contributed by atoms with Crippen LogP contribution < -0.4 is 0 Å². The second-order valence-electron chi connectivity index (χ2n) is 11.8. The maximum absolute atomic E-state index is 6.49. The molecule has 4 aromatic heterocycles. The molecule has 0 saturated carbocycles. The van der Waals surface area contributed by atoms with Gasteiger partial charge in [0.25, 0.3) is 0 Å². The highest BCUT2D eigenvalue weighted by Crippen LogP contribution is 2.47. The van der Waals surface area contributed by atoms with Gasteiger partial charge >= 0.3 is 0 Å². The van der Waals surface area contributed by atoms with Gasteiger partial charge in [-0.3, -0.25) is 4.57 Å². The minimum absolute atomic E-state index is 0.590. The van der Waals surface area contributed by atoms with E-state index >= 15 is 0 Å². The Kier molecular flexibility index (Phi) is 4.43. The van der Waals surface area contributed by atoms with Gasteiger partial charge in [0.15, 0.2) is 0 Å². The van der Waals surface area contributed by atoms with Crippen LogP contribution in [0.3, 0.4) is 0 Å². The molecule has 208 valence electrons. The molecule has 0 aliphatic carbocycles. The molecule has 0 saturated heterocycles. The fraction of sp³-hybridized carbons (Fsp3) is 0. The van der Waals surface area contributed by atoms with E-state index in [4.69, 9.17) is 14.4 Å². The van der Waals surface area contributed by atoms with Crippen LogP contribution in [0, 0.1) is 0 Å². The average molecular weight is 592 g/mol. The summed E-state index contributed by atoms with van der Waals surface area (Å²) < 4.78 is 11.3. The SMILES string of the molecule is c1ccc2cc(-c3nc(-n4c5cccc6ccc7cc8c9ccccc9sc8c4c7c65)nc4oc5ccccc5c34)ccc2c1. The number of para-hydroxylation sites is 1. The molecule has 0 fully saturated rings. The highest BCUT2D eigenvalue weighted by molar-refractivity contribution is 7.26. The van der Waals surface area contributed by atoms with E-state index in [1.165, 1.54) is 52.5 Å². The number of rotatable bonds is 2. The van der Waals surface area contributed by atoms with E-state index in [0.717, 1.165) is 38.6 Å². The van der Waals surface area contributed by atoms with Crippen LogP contribution in [0.1, 0.15) is 0 Å². The number of fused-ring (bicyclic) bond motifs is 8. The Bertz CT molecular complexity index is 3000. The van der Waals surface area contributed by atoms with Crippen LogP contribution in [0.4, 0.5) is 0 Å². The molecule has 0 N–H and O–H groups in total. The van der Waals surface area contributed by atoms with Crippen molar-refractivity contribution in [3.63, 3.8) is 0 Å². The fourth-order valence-corrected chi connectivity index (χ4v) is 8.61. The van der Waals surface area contributed by atoms with Crippen molar-refractivity contribution in [2.24, 2.45) is 0 Å². The summed E-state index contributed by atoms with van der Waals surface area (Å²) in [4.78, 5) is 10.7. The summed E-state index contributed by atoms with van der Waals surface area (Å²) in [6, 6.07) is 45.3. The molecule has 11 rings (SSSR count). The topological polar surface area (TPSA) is 43.9 Å². The molecule has 0 aliphatic rings. The molecule has 0 unspecified atom stereocenters. The van der Waals surface area contributed by atoms with E-state index in [0.29, 0.717) is 11.7 Å². The zero-order chi connectivity index (χ0) is 29.2. The first-order valence-electron chi connectivity index (χ1n) is 15.1. The average Bonchev–Trinajstić information content (AvgIpc) is 3.77. The van der Waals surface area contributed by atoms with Crippen molar-refractivity contribution in [3.05, 3.63) is 127 Å². The largest absolute Gasteiger partial charge is 0.437 e. The monoisotopic (exact) mass is 591 g/mol. The summed E-state index contributed by atoms with van der Waals surface area (Å²) in [5.74, 6) is 0.611. The lowest BCUT2D eigenvalue weighted by molar-refractivity contribution is 0.651. The van der Waals surface area contributed by atoms with Crippen LogP contribution in [0.2, 0.25) is 0 Å². The van der Waals surface area contributed by atoms with Crippen LogP contribution in [0.25, 0.3) is 103 Å². The van der Waals surface area contributed by atoms with Gasteiger partial charge in [-0.2, -0.15) is 4.98 Å². The summed E-state index contributed by atoms with van der Waals surface area (Å²) >= 11 is 1.84. The number of benzene rings is 7. The van der Waals surface area contributed by atoms with Gasteiger partial charge in [-0.05, 0) is 51.9 Å². The Morgan fingerprint density at radius 2 is 1.33 bits per heavy atom. The van der Waals surface area contributed by atoms with E-state index < -0.39 is 0 Å². The quantitative estimate of drug-likeness (QED) is 0.188. The lowest BCUT2D eigenvalue weighted by Gasteiger charge is -2.11. The molecule has 0 spiro atoms. The Balaban J connectivity index is 1.34. The third-order valence-electron chi connectivity index (χ3n) is 9.36. The molecule has 0 atom stereocenters. The second-order valence-corrected chi connectivity index (χ2v) is 12.8. The van der Waals surface area contributed by atoms with Gasteiger partial charge in [-0.25, -0.2) is 4.98 Å². The zero-order valence-corrected chi connectivity index (χ0v) is 24.6. The van der Waals surface area contributed by atoms with Crippen LogP contribution in [0.5, 0.6) is 0 Å². The number of aromatic nitrogens is 3. The van der Waals surface area contributed by atoms with Crippen LogP contribution in [-0.2, 0) is 0 Å². The number of hydrogen-bond acceptors (Lipinski definition) is 4. The third kappa shape index (κ3) is 3.10. The first kappa shape index (κ1) is 23.6. The minimum atomic E-state index is 0.590. The molecule has 4 nitrogen and oxygen atoms in total. The summed E-state index contributed by atoms with van der Waals surface area (Å²) in [7, 11) is 0. The van der Waals surface area contributed by atoms with Gasteiger partial charge in [-0.1, -0.05) is 97.1 Å². The van der Waals surface area contributed by atoms with E-state index in [1.807, 2.05) is 29.5 Å². The first-order valence-corrected chi connectivity index (χ1v) is 15.9. The molecule has 7 aromatic carbocycles. The normalized spacial score (nSPS) is 12.4. The van der Waals surface area contributed by atoms with Gasteiger partial charge in [0, 0.05) is 37.2 Å². The number of furan rings is 1. The van der Waals surface area contributed by atoms with Crippen LogP contribution >= 0.6 is 11.3 Å². The number of nitrogens with zero attached hydrogens (tertiary/aromatic N) is 3. The first-order chi connectivity index (χ1) is 22.3. The van der Waals surface area contributed by atoms with Gasteiger partial charge in [-0.15, -0.1) is 11.3 Å². The van der Waals surface area contributed by atoms with Crippen molar-refractivity contribution in [1.82, 2.24) is 14.5 Å². The Labute approximate surface area is 259 Å². The smallest absolute Gasteiger partial charge is 0.238 e. The van der Waals surface area contributed by atoms with Crippen molar-refractivity contribution in [3.8, 4) is 17.2 Å². The number of hydrogen-bond donors (Lipinski definition) is 0. The van der Waals surface area contributed by atoms with Gasteiger partial charge in [0.2, 0.25) is 11.7 Å². The van der Waals surface area contributed by atoms with Crippen molar-refractivity contribution in [2.45, 2.75) is 0 Å². The zero-order valence-electron chi connectivity index (χ0n) is 23.8. The third-order valence-corrected chi connectivity index (χ3v) is 10.5. The summed E-state index contributed by atoms with van der Waals surface area (Å²) in [5.41, 5.74) is 5.55. The van der Waals surface area contributed by atoms with Crippen molar-refractivity contribution >= 4 is 96.9 Å². The molecular formula is C40H21N3OS. The summed E-state index contributed by atoms with van der Waals surface area (Å²) in [6.45, 7) is 0. The summed E-state index contributed by atoms with van der Waals surface area (Å²) in [5, 5.41) is 11.8. The molecular weight excluding hydrogens is 571 g/mol. The Morgan fingerprint density at radius 1 is 0.556 bits per heavy atom. The molecule has 0 radical (unpaired) electrons. The maximum Gasteiger partial charge on any atom is 0.238 e. The van der Waals surface area contributed by atoms with Gasteiger partial charge in [0.05, 0.1) is 26.8 Å². The van der Waals surface area contributed by atoms with E-state index in [9.17, 15) is 0 Å². The van der Waals surface area contributed by atoms with E-state index in [2.05, 4.69) is 114 Å². The number of thiophene rings is 1. The van der Waals surface area contributed by atoms with Crippen LogP contribution in [0.15, 0.2) is 132 Å². The highest BCUT2D eigenvalue weighted by Gasteiger charge is 2.25. The second kappa shape index (κ2) is 8.44. The Morgan fingerprint density at radius 3 is 2.29 bits per heavy atom. The van der Waals surface area contributed by atoms with Gasteiger partial charge < -0.3 is 4.42 Å². The Hall–Kier alpha value is -5.78. The lowest BCUT2D eigenvalue weighted by Crippen LogP contribution is -2.03. The summed E-state index contributed by atoms with van der Waals surface area (Å²) in [6.07, 6.45) is 0. The standard InChI is InChI=1S/C40H21N3OS/c1-2-9-24-20-26(19-16-22(24)8-1)36-35-28-12-3-5-14-31(28)44-39(35)42-40(41-36)43-30-13-7-10-23-17-18-25-21-29-27-11-4-6-15-32(27)45-38(29)37(43)34(25)33(23)30/h1-21H. The van der Waals surface area contributed by atoms with Gasteiger partial charge in [0.1, 0.15) is 5.58 Å². The molecule has 0 amide bonds. The predicted molar refractivity (Wildman–Crippen MR) is 188 cm³/mol. The van der Waals surface area contributed by atoms with E-state index in [-0.39, 0.29) is 0 Å². The molecule has 5 heteroatoms. The molecule has 45 heavy (non-hydrogen) atoms. The molecule has 0 aliphatic heterocycles. The van der Waals surface area contributed by atoms with Crippen LogP contribution in [-0.4, -0.2) is 14.5 Å². The fourth-order valence-electron chi connectivity index (χ4n) is 7.39. The van der Waals surface area contributed by atoms with Crippen molar-refractivity contribution < 1.29 is 4.42 Å². The maximum atomic E-state index is 6.49. The molecule has 0 bridgehead atoms. The predicted octanol–water partition coefficient (Wildman–Crippen LogP) is 11.3. The van der Waals surface area contributed by atoms with Crippen molar-refractivity contribution in [1.29, 1.82) is 0 Å². The van der Waals surface area contributed by atoms with E-state index in [1.54, 1.807) is 0 Å². The highest BCUT2D eigenvalue weighted by atomic mass is 32.1. The minimum Gasteiger partial charge on any atom is -0.437 e. The molecule has 11 aromatic rings.